The van der Waals surface area contributed by atoms with Gasteiger partial charge in [-0.15, -0.1) is 0 Å². The van der Waals surface area contributed by atoms with E-state index >= 15 is 0 Å². The van der Waals surface area contributed by atoms with Crippen LogP contribution in [0.1, 0.15) is 6.92 Å². The summed E-state index contributed by atoms with van der Waals surface area (Å²) >= 11 is 6.00. The second kappa shape index (κ2) is 7.60. The number of hydrogen-bond donors (Lipinski definition) is 3. The number of phenols is 1. The van der Waals surface area contributed by atoms with Gasteiger partial charge in [-0.25, -0.2) is 4.79 Å². The Morgan fingerprint density at radius 1 is 1.22 bits per heavy atom. The minimum absolute atomic E-state index is 0.145. The molecule has 6 nitrogen and oxygen atoms in total. The summed E-state index contributed by atoms with van der Waals surface area (Å²) in [6.07, 6.45) is -0.562. The standard InChI is InChI=1S/C16H17ClN2O4/c1-10(23-13-6-4-12(20)5-7-13)18-16(21)19-11-3-8-15(22-2)14(17)9-11/h3-10,20H,1-2H3,(H2,18,19,21). The van der Waals surface area contributed by atoms with Crippen LogP contribution in [-0.2, 0) is 0 Å². The van der Waals surface area contributed by atoms with Gasteiger partial charge < -0.3 is 25.2 Å². The van der Waals surface area contributed by atoms with Gasteiger partial charge in [0.1, 0.15) is 17.2 Å². The molecule has 2 aromatic carbocycles. The van der Waals surface area contributed by atoms with E-state index in [0.29, 0.717) is 22.2 Å². The maximum absolute atomic E-state index is 11.9. The van der Waals surface area contributed by atoms with E-state index in [0.717, 1.165) is 0 Å². The van der Waals surface area contributed by atoms with E-state index < -0.39 is 12.3 Å². The zero-order valence-electron chi connectivity index (χ0n) is 12.7. The van der Waals surface area contributed by atoms with E-state index in [1.54, 1.807) is 37.3 Å². The van der Waals surface area contributed by atoms with Crippen molar-refractivity contribution in [1.82, 2.24) is 5.32 Å². The number of amides is 2. The molecule has 0 aliphatic carbocycles. The summed E-state index contributed by atoms with van der Waals surface area (Å²) < 4.78 is 10.6. The molecule has 0 saturated carbocycles. The number of nitrogens with one attached hydrogen (secondary N) is 2. The first-order valence-corrected chi connectivity index (χ1v) is 7.22. The highest BCUT2D eigenvalue weighted by Gasteiger charge is 2.10. The minimum Gasteiger partial charge on any atom is -0.508 e. The monoisotopic (exact) mass is 336 g/mol. The second-order valence-corrected chi connectivity index (χ2v) is 5.11. The number of phenolic OH excluding ortho intramolecular Hbond substituents is 1. The third-order valence-corrected chi connectivity index (χ3v) is 3.19. The highest BCUT2D eigenvalue weighted by Crippen LogP contribution is 2.27. The first-order valence-electron chi connectivity index (χ1n) is 6.84. The highest BCUT2D eigenvalue weighted by atomic mass is 35.5. The summed E-state index contributed by atoms with van der Waals surface area (Å²) in [6.45, 7) is 1.69. The fourth-order valence-electron chi connectivity index (χ4n) is 1.85. The number of methoxy groups -OCH3 is 1. The van der Waals surface area contributed by atoms with E-state index in [1.165, 1.54) is 19.2 Å². The van der Waals surface area contributed by atoms with E-state index in [9.17, 15) is 9.90 Å². The van der Waals surface area contributed by atoms with Crippen LogP contribution in [0.25, 0.3) is 0 Å². The number of anilines is 1. The lowest BCUT2D eigenvalue weighted by atomic mass is 10.3. The molecule has 0 fully saturated rings. The molecule has 0 heterocycles. The SMILES string of the molecule is COc1ccc(NC(=O)NC(C)Oc2ccc(O)cc2)cc1Cl. The molecule has 0 aliphatic rings. The summed E-state index contributed by atoms with van der Waals surface area (Å²) in [7, 11) is 1.52. The molecule has 2 rings (SSSR count). The highest BCUT2D eigenvalue weighted by molar-refractivity contribution is 6.32. The van der Waals surface area contributed by atoms with Gasteiger partial charge in [0.05, 0.1) is 12.1 Å². The lowest BCUT2D eigenvalue weighted by molar-refractivity contribution is 0.183. The largest absolute Gasteiger partial charge is 0.508 e. The summed E-state index contributed by atoms with van der Waals surface area (Å²) in [5, 5.41) is 14.9. The van der Waals surface area contributed by atoms with Crippen LogP contribution in [0.3, 0.4) is 0 Å². The number of ether oxygens (including phenoxy) is 2. The fourth-order valence-corrected chi connectivity index (χ4v) is 2.11. The van der Waals surface area contributed by atoms with Crippen LogP contribution >= 0.6 is 11.6 Å². The van der Waals surface area contributed by atoms with Crippen molar-refractivity contribution < 1.29 is 19.4 Å². The number of rotatable bonds is 5. The van der Waals surface area contributed by atoms with Gasteiger partial charge in [-0.1, -0.05) is 11.6 Å². The topological polar surface area (TPSA) is 79.8 Å². The van der Waals surface area contributed by atoms with Gasteiger partial charge in [0.2, 0.25) is 0 Å². The Labute approximate surface area is 139 Å². The molecule has 3 N–H and O–H groups in total. The molecular weight excluding hydrogens is 320 g/mol. The lowest BCUT2D eigenvalue weighted by Gasteiger charge is -2.17. The number of hydrogen-bond acceptors (Lipinski definition) is 4. The molecule has 7 heteroatoms. The summed E-state index contributed by atoms with van der Waals surface area (Å²) in [5.74, 6) is 1.21. The van der Waals surface area contributed by atoms with Crippen molar-refractivity contribution >= 4 is 23.3 Å². The van der Waals surface area contributed by atoms with E-state index in [4.69, 9.17) is 21.1 Å². The van der Waals surface area contributed by atoms with Crippen molar-refractivity contribution in [2.24, 2.45) is 0 Å². The van der Waals surface area contributed by atoms with E-state index in [-0.39, 0.29) is 5.75 Å². The molecule has 0 radical (unpaired) electrons. The van der Waals surface area contributed by atoms with Crippen molar-refractivity contribution in [1.29, 1.82) is 0 Å². The Hall–Kier alpha value is -2.60. The third kappa shape index (κ3) is 4.96. The molecule has 0 aliphatic heterocycles. The Morgan fingerprint density at radius 2 is 1.91 bits per heavy atom. The first kappa shape index (κ1) is 16.8. The molecule has 0 spiro atoms. The molecule has 0 saturated heterocycles. The predicted octanol–water partition coefficient (Wildman–Crippen LogP) is 3.60. The van der Waals surface area contributed by atoms with Gasteiger partial charge in [0, 0.05) is 5.69 Å². The van der Waals surface area contributed by atoms with Crippen LogP contribution in [-0.4, -0.2) is 24.5 Å². The average molecular weight is 337 g/mol. The van der Waals surface area contributed by atoms with Gasteiger partial charge in [-0.05, 0) is 49.4 Å². The Balaban J connectivity index is 1.88. The van der Waals surface area contributed by atoms with Crippen molar-refractivity contribution in [3.05, 3.63) is 47.5 Å². The number of urea groups is 1. The quantitative estimate of drug-likeness (QED) is 0.729. The van der Waals surface area contributed by atoms with Crippen molar-refractivity contribution in [3.63, 3.8) is 0 Å². The van der Waals surface area contributed by atoms with E-state index in [1.807, 2.05) is 0 Å². The zero-order valence-corrected chi connectivity index (χ0v) is 13.4. The number of halogens is 1. The predicted molar refractivity (Wildman–Crippen MR) is 88.4 cm³/mol. The number of aromatic hydroxyl groups is 1. The van der Waals surface area contributed by atoms with Gasteiger partial charge >= 0.3 is 6.03 Å². The molecule has 0 bridgehead atoms. The third-order valence-electron chi connectivity index (χ3n) is 2.89. The van der Waals surface area contributed by atoms with Gasteiger partial charge in [-0.3, -0.25) is 0 Å². The van der Waals surface area contributed by atoms with Gasteiger partial charge in [-0.2, -0.15) is 0 Å². The molecule has 1 atom stereocenters. The fraction of sp³-hybridized carbons (Fsp3) is 0.188. The average Bonchev–Trinajstić information content (AvgIpc) is 2.49. The van der Waals surface area contributed by atoms with Gasteiger partial charge in [0.25, 0.3) is 0 Å². The molecule has 2 amide bonds. The first-order chi connectivity index (χ1) is 11.0. The van der Waals surface area contributed by atoms with Crippen LogP contribution in [0.2, 0.25) is 5.02 Å². The van der Waals surface area contributed by atoms with E-state index in [2.05, 4.69) is 10.6 Å². The van der Waals surface area contributed by atoms with Crippen LogP contribution in [0.5, 0.6) is 17.2 Å². The Kier molecular flexibility index (Phi) is 5.54. The minimum atomic E-state index is -0.562. The van der Waals surface area contributed by atoms with Crippen LogP contribution in [0.4, 0.5) is 10.5 Å². The summed E-state index contributed by atoms with van der Waals surface area (Å²) in [5.41, 5.74) is 0.533. The smallest absolute Gasteiger partial charge is 0.322 e. The van der Waals surface area contributed by atoms with Crippen LogP contribution in [0.15, 0.2) is 42.5 Å². The summed E-state index contributed by atoms with van der Waals surface area (Å²) in [4.78, 5) is 11.9. The second-order valence-electron chi connectivity index (χ2n) is 4.70. The van der Waals surface area contributed by atoms with Crippen molar-refractivity contribution in [2.75, 3.05) is 12.4 Å². The molecule has 1 unspecified atom stereocenters. The maximum atomic E-state index is 11.9. The molecule has 23 heavy (non-hydrogen) atoms. The number of carbonyl (C=O) groups is 1. The van der Waals surface area contributed by atoms with Crippen LogP contribution in [0, 0.1) is 0 Å². The number of carbonyl (C=O) groups excluding carboxylic acids is 1. The Morgan fingerprint density at radius 3 is 2.52 bits per heavy atom. The zero-order chi connectivity index (χ0) is 16.8. The maximum Gasteiger partial charge on any atom is 0.322 e. The molecule has 122 valence electrons. The molecule has 0 aromatic heterocycles. The lowest BCUT2D eigenvalue weighted by Crippen LogP contribution is -2.39. The Bertz CT molecular complexity index is 676. The summed E-state index contributed by atoms with van der Waals surface area (Å²) in [6, 6.07) is 10.7. The van der Waals surface area contributed by atoms with Crippen molar-refractivity contribution in [3.8, 4) is 17.2 Å². The normalized spacial score (nSPS) is 11.4. The number of benzene rings is 2. The van der Waals surface area contributed by atoms with Crippen LogP contribution < -0.4 is 20.1 Å². The van der Waals surface area contributed by atoms with Crippen molar-refractivity contribution in [2.45, 2.75) is 13.2 Å². The molecule has 2 aromatic rings. The van der Waals surface area contributed by atoms with Gasteiger partial charge in [0.15, 0.2) is 6.23 Å². The molecular formula is C16H17ClN2O4.